The first-order valence-electron chi connectivity index (χ1n) is 5.63. The van der Waals surface area contributed by atoms with Crippen molar-refractivity contribution in [3.8, 4) is 0 Å². The number of halogens is 1. The lowest BCUT2D eigenvalue weighted by atomic mass is 9.97. The second-order valence-electron chi connectivity index (χ2n) is 4.14. The number of rotatable bonds is 3. The monoisotopic (exact) mass is 244 g/mol. The number of carbonyl (C=O) groups is 1. The number of aliphatic hydroxyl groups excluding tert-OH is 1. The predicted molar refractivity (Wildman–Crippen MR) is 66.9 cm³/mol. The van der Waals surface area contributed by atoms with Crippen molar-refractivity contribution < 1.29 is 14.3 Å². The number of aryl methyl sites for hydroxylation is 1. The van der Waals surface area contributed by atoms with Crippen LogP contribution in [0.1, 0.15) is 27.6 Å². The largest absolute Gasteiger partial charge is 0.380 e. The minimum Gasteiger partial charge on any atom is -0.380 e. The van der Waals surface area contributed by atoms with Gasteiger partial charge in [0.1, 0.15) is 11.9 Å². The summed E-state index contributed by atoms with van der Waals surface area (Å²) in [5.41, 5.74) is 1.37. The Kier molecular flexibility index (Phi) is 3.53. The molecule has 2 aromatic carbocycles. The third-order valence-electron chi connectivity index (χ3n) is 2.83. The molecule has 2 rings (SSSR count). The predicted octanol–water partition coefficient (Wildman–Crippen LogP) is 3.05. The topological polar surface area (TPSA) is 37.3 Å². The normalized spacial score (nSPS) is 12.2. The molecule has 0 aliphatic heterocycles. The molecule has 0 saturated heterocycles. The number of carbonyl (C=O) groups excluding carboxylic acids is 1. The zero-order valence-corrected chi connectivity index (χ0v) is 9.93. The van der Waals surface area contributed by atoms with Gasteiger partial charge >= 0.3 is 0 Å². The van der Waals surface area contributed by atoms with Crippen LogP contribution in [0.25, 0.3) is 0 Å². The Morgan fingerprint density at radius 3 is 2.50 bits per heavy atom. The molecule has 0 spiro atoms. The van der Waals surface area contributed by atoms with Gasteiger partial charge in [-0.3, -0.25) is 4.79 Å². The van der Waals surface area contributed by atoms with Gasteiger partial charge in [-0.1, -0.05) is 36.4 Å². The van der Waals surface area contributed by atoms with Crippen LogP contribution in [-0.2, 0) is 0 Å². The molecule has 2 nitrogen and oxygen atoms in total. The molecule has 18 heavy (non-hydrogen) atoms. The van der Waals surface area contributed by atoms with Crippen LogP contribution in [0.5, 0.6) is 0 Å². The van der Waals surface area contributed by atoms with E-state index in [1.54, 1.807) is 37.3 Å². The van der Waals surface area contributed by atoms with Gasteiger partial charge < -0.3 is 5.11 Å². The molecule has 3 heteroatoms. The highest BCUT2D eigenvalue weighted by atomic mass is 19.1. The minimum atomic E-state index is -1.26. The molecule has 1 atom stereocenters. The highest BCUT2D eigenvalue weighted by Crippen LogP contribution is 2.21. The van der Waals surface area contributed by atoms with Crippen molar-refractivity contribution in [3.63, 3.8) is 0 Å². The van der Waals surface area contributed by atoms with E-state index in [-0.39, 0.29) is 5.56 Å². The molecule has 1 N–H and O–H groups in total. The van der Waals surface area contributed by atoms with Crippen molar-refractivity contribution >= 4 is 5.78 Å². The summed E-state index contributed by atoms with van der Waals surface area (Å²) in [6, 6.07) is 12.6. The van der Waals surface area contributed by atoms with E-state index in [2.05, 4.69) is 0 Å². The third-order valence-corrected chi connectivity index (χ3v) is 2.83. The number of ketones is 1. The molecular weight excluding hydrogens is 231 g/mol. The number of aliphatic hydroxyl groups is 1. The lowest BCUT2D eigenvalue weighted by molar-refractivity contribution is 0.0746. The van der Waals surface area contributed by atoms with Crippen LogP contribution >= 0.6 is 0 Å². The Morgan fingerprint density at radius 2 is 1.83 bits per heavy atom. The highest BCUT2D eigenvalue weighted by Gasteiger charge is 2.20. The third kappa shape index (κ3) is 2.46. The zero-order valence-electron chi connectivity index (χ0n) is 9.93. The smallest absolute Gasteiger partial charge is 0.196 e. The molecule has 0 aliphatic carbocycles. The maximum atomic E-state index is 13.1. The van der Waals surface area contributed by atoms with Crippen LogP contribution in [0.2, 0.25) is 0 Å². The first-order chi connectivity index (χ1) is 8.59. The summed E-state index contributed by atoms with van der Waals surface area (Å²) in [5.74, 6) is -0.970. The van der Waals surface area contributed by atoms with Gasteiger partial charge in [-0.2, -0.15) is 0 Å². The van der Waals surface area contributed by atoms with E-state index >= 15 is 0 Å². The average molecular weight is 244 g/mol. The van der Waals surface area contributed by atoms with Crippen molar-refractivity contribution in [3.05, 3.63) is 71.0 Å². The fourth-order valence-corrected chi connectivity index (χ4v) is 1.79. The molecule has 0 fully saturated rings. The molecule has 2 aromatic rings. The van der Waals surface area contributed by atoms with Crippen LogP contribution in [0.4, 0.5) is 4.39 Å². The summed E-state index contributed by atoms with van der Waals surface area (Å²) in [6.07, 6.45) is -1.26. The second-order valence-corrected chi connectivity index (χ2v) is 4.14. The van der Waals surface area contributed by atoms with Crippen molar-refractivity contribution in [2.24, 2.45) is 0 Å². The van der Waals surface area contributed by atoms with E-state index in [1.165, 1.54) is 12.1 Å². The van der Waals surface area contributed by atoms with E-state index in [1.807, 2.05) is 0 Å². The quantitative estimate of drug-likeness (QED) is 0.842. The Hall–Kier alpha value is -2.00. The van der Waals surface area contributed by atoms with Crippen molar-refractivity contribution in [1.29, 1.82) is 0 Å². The van der Waals surface area contributed by atoms with Gasteiger partial charge in [-0.15, -0.1) is 0 Å². The molecule has 1 unspecified atom stereocenters. The molecule has 0 aromatic heterocycles. The first-order valence-corrected chi connectivity index (χ1v) is 5.63. The number of benzene rings is 2. The fourth-order valence-electron chi connectivity index (χ4n) is 1.79. The van der Waals surface area contributed by atoms with Crippen LogP contribution in [-0.4, -0.2) is 10.9 Å². The average Bonchev–Trinajstić information content (AvgIpc) is 2.41. The SMILES string of the molecule is Cc1ccc(F)cc1C(=O)C(O)c1ccccc1. The highest BCUT2D eigenvalue weighted by molar-refractivity contribution is 6.01. The Balaban J connectivity index is 2.34. The van der Waals surface area contributed by atoms with Crippen LogP contribution in [0, 0.1) is 12.7 Å². The Bertz CT molecular complexity index is 564. The van der Waals surface area contributed by atoms with Gasteiger partial charge in [0.05, 0.1) is 0 Å². The van der Waals surface area contributed by atoms with Gasteiger partial charge in [-0.25, -0.2) is 4.39 Å². The summed E-state index contributed by atoms with van der Waals surface area (Å²) < 4.78 is 13.1. The van der Waals surface area contributed by atoms with E-state index in [0.717, 1.165) is 6.07 Å². The van der Waals surface area contributed by atoms with Gasteiger partial charge in [0.15, 0.2) is 5.78 Å². The van der Waals surface area contributed by atoms with Crippen LogP contribution < -0.4 is 0 Å². The Labute approximate surface area is 105 Å². The zero-order chi connectivity index (χ0) is 13.1. The maximum Gasteiger partial charge on any atom is 0.196 e. The summed E-state index contributed by atoms with van der Waals surface area (Å²) in [5, 5.41) is 9.99. The van der Waals surface area contributed by atoms with Gasteiger partial charge in [0, 0.05) is 5.56 Å². The minimum absolute atomic E-state index is 0.214. The number of hydrogen-bond acceptors (Lipinski definition) is 2. The first kappa shape index (κ1) is 12.5. The summed E-state index contributed by atoms with van der Waals surface area (Å²) in [4.78, 5) is 12.1. The lowest BCUT2D eigenvalue weighted by Gasteiger charge is -2.11. The molecule has 92 valence electrons. The van der Waals surface area contributed by atoms with Crippen molar-refractivity contribution in [2.75, 3.05) is 0 Å². The molecule has 0 amide bonds. The molecule has 0 radical (unpaired) electrons. The van der Waals surface area contributed by atoms with E-state index in [0.29, 0.717) is 11.1 Å². The molecular formula is C15H13FO2. The second kappa shape index (κ2) is 5.10. The van der Waals surface area contributed by atoms with Crippen molar-refractivity contribution in [1.82, 2.24) is 0 Å². The molecule has 0 heterocycles. The van der Waals surface area contributed by atoms with Gasteiger partial charge in [0.25, 0.3) is 0 Å². The number of hydrogen-bond donors (Lipinski definition) is 1. The Morgan fingerprint density at radius 1 is 1.17 bits per heavy atom. The lowest BCUT2D eigenvalue weighted by Crippen LogP contribution is -2.13. The summed E-state index contributed by atoms with van der Waals surface area (Å²) in [6.45, 7) is 1.71. The molecule has 0 aliphatic rings. The van der Waals surface area contributed by atoms with E-state index < -0.39 is 17.7 Å². The maximum absolute atomic E-state index is 13.1. The van der Waals surface area contributed by atoms with E-state index in [4.69, 9.17) is 0 Å². The fraction of sp³-hybridized carbons (Fsp3) is 0.133. The summed E-state index contributed by atoms with van der Waals surface area (Å²) >= 11 is 0. The van der Waals surface area contributed by atoms with E-state index in [9.17, 15) is 14.3 Å². The van der Waals surface area contributed by atoms with Crippen LogP contribution in [0.15, 0.2) is 48.5 Å². The molecule has 0 bridgehead atoms. The number of Topliss-reactive ketones (excluding diaryl/α,β-unsaturated/α-hetero) is 1. The van der Waals surface area contributed by atoms with Crippen LogP contribution in [0.3, 0.4) is 0 Å². The standard InChI is InChI=1S/C15H13FO2/c1-10-7-8-12(16)9-13(10)15(18)14(17)11-5-3-2-4-6-11/h2-9,14,17H,1H3. The van der Waals surface area contributed by atoms with Gasteiger partial charge in [0.2, 0.25) is 0 Å². The summed E-state index contributed by atoms with van der Waals surface area (Å²) in [7, 11) is 0. The van der Waals surface area contributed by atoms with Crippen molar-refractivity contribution in [2.45, 2.75) is 13.0 Å². The molecule has 0 saturated carbocycles. The van der Waals surface area contributed by atoms with Gasteiger partial charge in [-0.05, 0) is 30.2 Å².